The summed E-state index contributed by atoms with van der Waals surface area (Å²) in [6.45, 7) is 0. The van der Waals surface area contributed by atoms with Gasteiger partial charge >= 0.3 is 0 Å². The highest BCUT2D eigenvalue weighted by atomic mass is 16.3. The van der Waals surface area contributed by atoms with Crippen LogP contribution in [0.1, 0.15) is 0 Å². The zero-order chi connectivity index (χ0) is 37.7. The van der Waals surface area contributed by atoms with Crippen molar-refractivity contribution >= 4 is 43.9 Å². The number of rotatable bonds is 6. The lowest BCUT2D eigenvalue weighted by molar-refractivity contribution is 0.670. The first-order valence-corrected chi connectivity index (χ1v) is 18.8. The Morgan fingerprint density at radius 2 is 0.842 bits per heavy atom. The van der Waals surface area contributed by atoms with Gasteiger partial charge in [-0.3, -0.25) is 15.0 Å². The lowest BCUT2D eigenvalue weighted by atomic mass is 10.0. The third-order valence-electron chi connectivity index (χ3n) is 10.5. The average Bonchev–Trinajstić information content (AvgIpc) is 3.69. The SMILES string of the molecule is c1ccc(-c2nc(-c3ccccc3)nc(-c3ccc(-c4cnc5c(ccc6cc(-c7cccc8c7oc7c(-c9ccccc9)ccnc78)cnc65)c4)cc3)n2)cc1. The first-order chi connectivity index (χ1) is 28.2. The first kappa shape index (κ1) is 32.5. The van der Waals surface area contributed by atoms with E-state index in [2.05, 4.69) is 78.9 Å². The Morgan fingerprint density at radius 3 is 1.46 bits per heavy atom. The van der Waals surface area contributed by atoms with E-state index in [-0.39, 0.29) is 0 Å². The minimum absolute atomic E-state index is 0.618. The van der Waals surface area contributed by atoms with Crippen molar-refractivity contribution < 1.29 is 4.42 Å². The van der Waals surface area contributed by atoms with Crippen molar-refractivity contribution in [3.8, 4) is 67.5 Å². The molecule has 11 rings (SSSR count). The Kier molecular flexibility index (Phi) is 7.67. The molecule has 57 heavy (non-hydrogen) atoms. The molecule has 5 aromatic heterocycles. The molecule has 0 fully saturated rings. The van der Waals surface area contributed by atoms with Gasteiger partial charge in [-0.1, -0.05) is 140 Å². The monoisotopic (exact) mass is 730 g/mol. The minimum Gasteiger partial charge on any atom is -0.453 e. The Bertz CT molecular complexity index is 3220. The maximum atomic E-state index is 6.63. The Balaban J connectivity index is 0.926. The molecule has 0 amide bonds. The van der Waals surface area contributed by atoms with E-state index in [0.717, 1.165) is 93.9 Å². The average molecular weight is 731 g/mol. The van der Waals surface area contributed by atoms with Gasteiger partial charge in [0.25, 0.3) is 0 Å². The number of aromatic nitrogens is 6. The molecule has 7 heteroatoms. The summed E-state index contributed by atoms with van der Waals surface area (Å²) in [5, 5.41) is 2.99. The van der Waals surface area contributed by atoms with Gasteiger partial charge in [0.15, 0.2) is 23.1 Å². The van der Waals surface area contributed by atoms with E-state index in [1.54, 1.807) is 0 Å². The molecule has 0 aliphatic rings. The van der Waals surface area contributed by atoms with Gasteiger partial charge in [-0.25, -0.2) is 15.0 Å². The van der Waals surface area contributed by atoms with Gasteiger partial charge in [-0.05, 0) is 35.4 Å². The topological polar surface area (TPSA) is 90.5 Å². The van der Waals surface area contributed by atoms with Crippen LogP contribution in [-0.2, 0) is 0 Å². The van der Waals surface area contributed by atoms with Gasteiger partial charge in [-0.2, -0.15) is 0 Å². The molecule has 0 aliphatic heterocycles. The van der Waals surface area contributed by atoms with Crippen LogP contribution in [0.3, 0.4) is 0 Å². The summed E-state index contributed by atoms with van der Waals surface area (Å²) in [4.78, 5) is 29.3. The smallest absolute Gasteiger partial charge is 0.164 e. The van der Waals surface area contributed by atoms with E-state index in [0.29, 0.717) is 17.5 Å². The summed E-state index contributed by atoms with van der Waals surface area (Å²) in [5.41, 5.74) is 13.0. The number of nitrogens with zero attached hydrogens (tertiary/aromatic N) is 6. The first-order valence-electron chi connectivity index (χ1n) is 18.8. The molecular formula is C50H30N6O. The van der Waals surface area contributed by atoms with E-state index < -0.39 is 0 Å². The number of para-hydroxylation sites is 1. The summed E-state index contributed by atoms with van der Waals surface area (Å²) >= 11 is 0. The van der Waals surface area contributed by atoms with Crippen LogP contribution in [0.2, 0.25) is 0 Å². The molecule has 0 spiro atoms. The second-order valence-corrected chi connectivity index (χ2v) is 14.0. The fourth-order valence-electron chi connectivity index (χ4n) is 7.60. The van der Waals surface area contributed by atoms with Crippen molar-refractivity contribution in [3.05, 3.63) is 182 Å². The lowest BCUT2D eigenvalue weighted by Crippen LogP contribution is -2.00. The van der Waals surface area contributed by atoms with E-state index in [4.69, 9.17) is 34.3 Å². The Hall–Kier alpha value is -7.90. The third-order valence-corrected chi connectivity index (χ3v) is 10.5. The molecule has 7 nitrogen and oxygen atoms in total. The van der Waals surface area contributed by atoms with Crippen LogP contribution in [0.15, 0.2) is 187 Å². The molecular weight excluding hydrogens is 701 g/mol. The third kappa shape index (κ3) is 5.77. The van der Waals surface area contributed by atoms with Gasteiger partial charge in [0.2, 0.25) is 0 Å². The van der Waals surface area contributed by atoms with E-state index >= 15 is 0 Å². The second-order valence-electron chi connectivity index (χ2n) is 14.0. The predicted molar refractivity (Wildman–Crippen MR) is 228 cm³/mol. The van der Waals surface area contributed by atoms with Gasteiger partial charge < -0.3 is 4.42 Å². The quantitative estimate of drug-likeness (QED) is 0.157. The van der Waals surface area contributed by atoms with Gasteiger partial charge in [0.1, 0.15) is 11.1 Å². The van der Waals surface area contributed by atoms with Gasteiger partial charge in [0, 0.05) is 73.7 Å². The molecule has 0 aliphatic carbocycles. The van der Waals surface area contributed by atoms with E-state index in [1.807, 2.05) is 104 Å². The van der Waals surface area contributed by atoms with Gasteiger partial charge in [0.05, 0.1) is 11.0 Å². The van der Waals surface area contributed by atoms with Gasteiger partial charge in [-0.15, -0.1) is 0 Å². The Labute approximate surface area is 327 Å². The van der Waals surface area contributed by atoms with Crippen LogP contribution in [0.4, 0.5) is 0 Å². The highest BCUT2D eigenvalue weighted by Gasteiger charge is 2.18. The maximum absolute atomic E-state index is 6.63. The van der Waals surface area contributed by atoms with Crippen LogP contribution < -0.4 is 0 Å². The second kappa shape index (κ2) is 13.4. The molecule has 0 atom stereocenters. The number of fused-ring (bicyclic) bond motifs is 6. The van der Waals surface area contributed by atoms with E-state index in [1.165, 1.54) is 0 Å². The standard InChI is InChI=1S/C50H30N6O/c1-4-11-32(12-5-1)41-25-26-51-45-42-18-10-17-40(46(42)57-47(41)45)39-28-37-24-23-36-27-38(29-52-43(36)44(37)53-30-39)31-19-21-35(22-20-31)50-55-48(33-13-6-2-7-14-33)54-49(56-50)34-15-8-3-9-16-34/h1-30H. The number of benzene rings is 6. The summed E-state index contributed by atoms with van der Waals surface area (Å²) < 4.78 is 6.63. The maximum Gasteiger partial charge on any atom is 0.164 e. The molecule has 0 radical (unpaired) electrons. The lowest BCUT2D eigenvalue weighted by Gasteiger charge is -2.10. The molecule has 5 heterocycles. The summed E-state index contributed by atoms with van der Waals surface area (Å²) in [6.07, 6.45) is 5.68. The molecule has 0 saturated heterocycles. The highest BCUT2D eigenvalue weighted by Crippen LogP contribution is 2.39. The number of hydrogen-bond donors (Lipinski definition) is 0. The molecule has 266 valence electrons. The summed E-state index contributed by atoms with van der Waals surface area (Å²) in [7, 11) is 0. The number of pyridine rings is 3. The van der Waals surface area contributed by atoms with Crippen LogP contribution >= 0.6 is 0 Å². The van der Waals surface area contributed by atoms with Crippen molar-refractivity contribution in [3.63, 3.8) is 0 Å². The fourth-order valence-corrected chi connectivity index (χ4v) is 7.60. The van der Waals surface area contributed by atoms with Crippen molar-refractivity contribution in [1.29, 1.82) is 0 Å². The normalized spacial score (nSPS) is 11.5. The predicted octanol–water partition coefficient (Wildman–Crippen LogP) is 12.3. The van der Waals surface area contributed by atoms with Crippen LogP contribution in [-0.4, -0.2) is 29.9 Å². The molecule has 6 aromatic carbocycles. The van der Waals surface area contributed by atoms with Crippen molar-refractivity contribution in [2.24, 2.45) is 0 Å². The van der Waals surface area contributed by atoms with Crippen molar-refractivity contribution in [2.75, 3.05) is 0 Å². The zero-order valence-electron chi connectivity index (χ0n) is 30.4. The zero-order valence-corrected chi connectivity index (χ0v) is 30.4. The molecule has 0 N–H and O–H groups in total. The largest absolute Gasteiger partial charge is 0.453 e. The van der Waals surface area contributed by atoms with Crippen molar-refractivity contribution in [1.82, 2.24) is 29.9 Å². The highest BCUT2D eigenvalue weighted by molar-refractivity contribution is 6.12. The van der Waals surface area contributed by atoms with Crippen LogP contribution in [0.25, 0.3) is 111 Å². The summed E-state index contributed by atoms with van der Waals surface area (Å²) in [6, 6.07) is 55.4. The fraction of sp³-hybridized carbons (Fsp3) is 0. The van der Waals surface area contributed by atoms with Crippen LogP contribution in [0.5, 0.6) is 0 Å². The number of hydrogen-bond acceptors (Lipinski definition) is 7. The van der Waals surface area contributed by atoms with E-state index in [9.17, 15) is 0 Å². The summed E-state index contributed by atoms with van der Waals surface area (Å²) in [5.74, 6) is 1.89. The molecule has 11 aromatic rings. The Morgan fingerprint density at radius 1 is 0.333 bits per heavy atom. The molecule has 0 bridgehead atoms. The minimum atomic E-state index is 0.618. The van der Waals surface area contributed by atoms with Crippen molar-refractivity contribution in [2.45, 2.75) is 0 Å². The van der Waals surface area contributed by atoms with Crippen LogP contribution in [0, 0.1) is 0 Å². The molecule has 0 unspecified atom stereocenters. The number of furan rings is 1. The molecule has 0 saturated carbocycles.